The number of hydrogen-bond donors (Lipinski definition) is 2. The lowest BCUT2D eigenvalue weighted by molar-refractivity contribution is 0.304. The van der Waals surface area contributed by atoms with Crippen LogP contribution < -0.4 is 9.80 Å². The summed E-state index contributed by atoms with van der Waals surface area (Å²) >= 11 is 0. The van der Waals surface area contributed by atoms with Crippen molar-refractivity contribution in [3.63, 3.8) is 0 Å². The standard InChI is InChI=1S/C14H21N5O/c1-10-9-11-12(15-10)16-14(19-5-3-4-6-19)17-13(11)18(2)7-8-20/h9,20H,3-8H2,1-2H3,(H,15,16,17). The maximum atomic E-state index is 9.15. The topological polar surface area (TPSA) is 68.3 Å². The van der Waals surface area contributed by atoms with Crippen molar-refractivity contribution < 1.29 is 5.11 Å². The van der Waals surface area contributed by atoms with E-state index in [1.807, 2.05) is 18.9 Å². The van der Waals surface area contributed by atoms with Crippen molar-refractivity contribution in [2.75, 3.05) is 43.1 Å². The van der Waals surface area contributed by atoms with Crippen LogP contribution in [0.3, 0.4) is 0 Å². The molecular formula is C14H21N5O. The number of nitrogens with zero attached hydrogens (tertiary/aromatic N) is 4. The molecule has 0 bridgehead atoms. The van der Waals surface area contributed by atoms with Crippen LogP contribution in [0.15, 0.2) is 6.07 Å². The zero-order valence-electron chi connectivity index (χ0n) is 12.1. The number of aromatic amines is 1. The van der Waals surface area contributed by atoms with E-state index in [1.165, 1.54) is 12.8 Å². The molecule has 1 fully saturated rings. The van der Waals surface area contributed by atoms with Crippen LogP contribution in [0, 0.1) is 6.92 Å². The molecule has 3 heterocycles. The number of nitrogens with one attached hydrogen (secondary N) is 1. The SMILES string of the molecule is Cc1cc2c(N(C)CCO)nc(N3CCCC3)nc2[nH]1. The Morgan fingerprint density at radius 3 is 2.80 bits per heavy atom. The lowest BCUT2D eigenvalue weighted by atomic mass is 10.3. The molecule has 108 valence electrons. The van der Waals surface area contributed by atoms with Crippen molar-refractivity contribution in [3.05, 3.63) is 11.8 Å². The summed E-state index contributed by atoms with van der Waals surface area (Å²) in [6, 6.07) is 2.06. The van der Waals surface area contributed by atoms with Gasteiger partial charge in [-0.15, -0.1) is 0 Å². The van der Waals surface area contributed by atoms with E-state index in [2.05, 4.69) is 20.9 Å². The zero-order valence-corrected chi connectivity index (χ0v) is 12.1. The first kappa shape index (κ1) is 13.2. The lowest BCUT2D eigenvalue weighted by Gasteiger charge is -2.21. The number of rotatable bonds is 4. The number of aliphatic hydroxyl groups excluding tert-OH is 1. The van der Waals surface area contributed by atoms with Crippen LogP contribution in [0.25, 0.3) is 11.0 Å². The van der Waals surface area contributed by atoms with E-state index in [-0.39, 0.29) is 6.61 Å². The highest BCUT2D eigenvalue weighted by Crippen LogP contribution is 2.27. The molecule has 1 saturated heterocycles. The van der Waals surface area contributed by atoms with Crippen molar-refractivity contribution in [2.24, 2.45) is 0 Å². The Bertz CT molecular complexity index is 603. The Morgan fingerprint density at radius 1 is 1.35 bits per heavy atom. The molecule has 3 rings (SSSR count). The Kier molecular flexibility index (Phi) is 3.48. The predicted octanol–water partition coefficient (Wildman–Crippen LogP) is 1.30. The van der Waals surface area contributed by atoms with Crippen LogP contribution in [0.5, 0.6) is 0 Å². The molecule has 2 N–H and O–H groups in total. The van der Waals surface area contributed by atoms with Crippen LogP contribution in [0.2, 0.25) is 0 Å². The molecule has 0 radical (unpaired) electrons. The first-order valence-corrected chi connectivity index (χ1v) is 7.13. The molecule has 0 atom stereocenters. The molecule has 0 aromatic carbocycles. The van der Waals surface area contributed by atoms with Crippen LogP contribution in [-0.4, -0.2) is 53.3 Å². The molecule has 6 heteroatoms. The Hall–Kier alpha value is -1.82. The van der Waals surface area contributed by atoms with E-state index < -0.39 is 0 Å². The van der Waals surface area contributed by atoms with Gasteiger partial charge in [-0.05, 0) is 25.8 Å². The summed E-state index contributed by atoms with van der Waals surface area (Å²) in [4.78, 5) is 16.9. The van der Waals surface area contributed by atoms with Gasteiger partial charge in [0, 0.05) is 32.4 Å². The van der Waals surface area contributed by atoms with E-state index in [0.29, 0.717) is 6.54 Å². The van der Waals surface area contributed by atoms with Gasteiger partial charge in [0.05, 0.1) is 12.0 Å². The van der Waals surface area contributed by atoms with Crippen LogP contribution in [0.1, 0.15) is 18.5 Å². The molecule has 0 aliphatic carbocycles. The van der Waals surface area contributed by atoms with Crippen molar-refractivity contribution in [1.29, 1.82) is 0 Å². The van der Waals surface area contributed by atoms with E-state index in [9.17, 15) is 0 Å². The summed E-state index contributed by atoms with van der Waals surface area (Å²) in [6.45, 7) is 4.75. The van der Waals surface area contributed by atoms with Gasteiger partial charge in [0.25, 0.3) is 0 Å². The van der Waals surface area contributed by atoms with Crippen molar-refractivity contribution >= 4 is 22.8 Å². The largest absolute Gasteiger partial charge is 0.395 e. The second-order valence-corrected chi connectivity index (χ2v) is 5.40. The number of fused-ring (bicyclic) bond motifs is 1. The fourth-order valence-corrected chi connectivity index (χ4v) is 2.72. The fourth-order valence-electron chi connectivity index (χ4n) is 2.72. The number of likely N-dealkylation sites (N-methyl/N-ethyl adjacent to an activating group) is 1. The van der Waals surface area contributed by atoms with Crippen LogP contribution >= 0.6 is 0 Å². The number of hydrogen-bond acceptors (Lipinski definition) is 5. The molecule has 0 amide bonds. The van der Waals surface area contributed by atoms with Crippen LogP contribution in [0.4, 0.5) is 11.8 Å². The maximum absolute atomic E-state index is 9.15. The fraction of sp³-hybridized carbons (Fsp3) is 0.571. The molecule has 2 aromatic heterocycles. The second-order valence-electron chi connectivity index (χ2n) is 5.40. The minimum Gasteiger partial charge on any atom is -0.395 e. The third-order valence-corrected chi connectivity index (χ3v) is 3.78. The summed E-state index contributed by atoms with van der Waals surface area (Å²) in [6.07, 6.45) is 2.40. The molecule has 20 heavy (non-hydrogen) atoms. The van der Waals surface area contributed by atoms with Gasteiger partial charge in [0.15, 0.2) is 0 Å². The minimum absolute atomic E-state index is 0.116. The number of aromatic nitrogens is 3. The highest BCUT2D eigenvalue weighted by Gasteiger charge is 2.19. The third kappa shape index (κ3) is 2.31. The molecule has 6 nitrogen and oxygen atoms in total. The Morgan fingerprint density at radius 2 is 2.10 bits per heavy atom. The van der Waals surface area contributed by atoms with Crippen molar-refractivity contribution in [3.8, 4) is 0 Å². The predicted molar refractivity (Wildman–Crippen MR) is 80.4 cm³/mol. The van der Waals surface area contributed by atoms with Gasteiger partial charge in [0.1, 0.15) is 11.5 Å². The number of H-pyrrole nitrogens is 1. The minimum atomic E-state index is 0.116. The van der Waals surface area contributed by atoms with E-state index in [1.54, 1.807) is 0 Å². The number of aliphatic hydroxyl groups is 1. The first-order valence-electron chi connectivity index (χ1n) is 7.13. The summed E-state index contributed by atoms with van der Waals surface area (Å²) in [5.74, 6) is 1.67. The molecule has 0 saturated carbocycles. The van der Waals surface area contributed by atoms with Crippen molar-refractivity contribution in [1.82, 2.24) is 15.0 Å². The monoisotopic (exact) mass is 275 g/mol. The third-order valence-electron chi connectivity index (χ3n) is 3.78. The highest BCUT2D eigenvalue weighted by molar-refractivity contribution is 5.89. The van der Waals surface area contributed by atoms with Crippen LogP contribution in [-0.2, 0) is 0 Å². The Balaban J connectivity index is 2.08. The quantitative estimate of drug-likeness (QED) is 0.880. The second kappa shape index (κ2) is 5.28. The molecule has 1 aliphatic rings. The van der Waals surface area contributed by atoms with E-state index in [0.717, 1.165) is 41.6 Å². The average molecular weight is 275 g/mol. The van der Waals surface area contributed by atoms with Gasteiger partial charge in [-0.1, -0.05) is 0 Å². The average Bonchev–Trinajstić information content (AvgIpc) is 3.04. The lowest BCUT2D eigenvalue weighted by Crippen LogP contribution is -2.25. The van der Waals surface area contributed by atoms with Gasteiger partial charge in [0.2, 0.25) is 5.95 Å². The number of aryl methyl sites for hydroxylation is 1. The summed E-state index contributed by atoms with van der Waals surface area (Å²) in [7, 11) is 1.95. The van der Waals surface area contributed by atoms with E-state index in [4.69, 9.17) is 10.1 Å². The van der Waals surface area contributed by atoms with Crippen molar-refractivity contribution in [2.45, 2.75) is 19.8 Å². The molecule has 2 aromatic rings. The summed E-state index contributed by atoms with van der Waals surface area (Å²) in [5.41, 5.74) is 1.95. The summed E-state index contributed by atoms with van der Waals surface area (Å²) in [5, 5.41) is 10.2. The van der Waals surface area contributed by atoms with Gasteiger partial charge >= 0.3 is 0 Å². The maximum Gasteiger partial charge on any atom is 0.229 e. The van der Waals surface area contributed by atoms with Gasteiger partial charge < -0.3 is 19.9 Å². The first-order chi connectivity index (χ1) is 9.69. The van der Waals surface area contributed by atoms with Gasteiger partial charge in [-0.3, -0.25) is 0 Å². The van der Waals surface area contributed by atoms with Gasteiger partial charge in [-0.2, -0.15) is 9.97 Å². The molecule has 0 spiro atoms. The molecule has 0 unspecified atom stereocenters. The zero-order chi connectivity index (χ0) is 14.1. The normalized spacial score (nSPS) is 15.2. The summed E-state index contributed by atoms with van der Waals surface area (Å²) < 4.78 is 0. The molecular weight excluding hydrogens is 254 g/mol. The molecule has 1 aliphatic heterocycles. The number of anilines is 2. The Labute approximate surface area is 118 Å². The smallest absolute Gasteiger partial charge is 0.229 e. The van der Waals surface area contributed by atoms with Gasteiger partial charge in [-0.25, -0.2) is 0 Å². The van der Waals surface area contributed by atoms with E-state index >= 15 is 0 Å². The highest BCUT2D eigenvalue weighted by atomic mass is 16.3.